The zero-order valence-electron chi connectivity index (χ0n) is 36.3. The molecule has 3 aromatic heterocycles. The van der Waals surface area contributed by atoms with Crippen LogP contribution in [0.3, 0.4) is 0 Å². The molecule has 3 aliphatic heterocycles. The first-order chi connectivity index (χ1) is 30.7. The van der Waals surface area contributed by atoms with Crippen LogP contribution in [0.5, 0.6) is 0 Å². The summed E-state index contributed by atoms with van der Waals surface area (Å²) in [6.45, 7) is 10.0. The lowest BCUT2D eigenvalue weighted by atomic mass is 9.91. The number of hydrogen-bond donors (Lipinski definition) is 1. The third-order valence-electron chi connectivity index (χ3n) is 14.7. The molecule has 14 nitrogen and oxygen atoms in total. The minimum atomic E-state index is -3.32. The Hall–Kier alpha value is -5.87. The number of ether oxygens (including phenoxy) is 1. The molecule has 2 saturated carbocycles. The number of nitrogens with zero attached hydrogens (tertiary/aromatic N) is 6. The molecule has 0 unspecified atom stereocenters. The summed E-state index contributed by atoms with van der Waals surface area (Å²) in [5.74, 6) is -0.0487. The Balaban J connectivity index is 0.00000498. The van der Waals surface area contributed by atoms with E-state index in [1.165, 1.54) is 5.56 Å². The molecule has 1 N–H and O–H groups in total. The highest BCUT2D eigenvalue weighted by atomic mass is 32.2. The van der Waals surface area contributed by atoms with Crippen LogP contribution in [0.2, 0.25) is 0 Å². The standard InChI is InChI=1S/C48H50FN7O7S.H2/c1-26-19-35(20-27(2)41(26)49)55-43(57)38-13-16-54(29(4)42(38)50-46(55)53-24-34(25-53)30-5-8-36(9-6-30)64(60,61)37-10-11-37)44(58)40-22-33-21-32(31-14-17-62-18-15-31)7-12-39(33)56(40)48(23-28(48)3)45-51-47(59)63-52-45;/h5-9,12,19-22,28-29,31,34,37H,10-11,13-18,23-25H2,1-4H3,(H,51,52,59);1H/t28-,29+,48+;/m1./s1. The molecule has 6 heterocycles. The first-order valence-electron chi connectivity index (χ1n) is 22.4. The second-order valence-corrected chi connectivity index (χ2v) is 20.9. The van der Waals surface area contributed by atoms with Crippen molar-refractivity contribution in [3.05, 3.63) is 132 Å². The van der Waals surface area contributed by atoms with Crippen molar-refractivity contribution in [1.29, 1.82) is 0 Å². The molecule has 64 heavy (non-hydrogen) atoms. The summed E-state index contributed by atoms with van der Waals surface area (Å²) in [6, 6.07) is 18.2. The van der Waals surface area contributed by atoms with Gasteiger partial charge in [-0.1, -0.05) is 30.3 Å². The predicted molar refractivity (Wildman–Crippen MR) is 239 cm³/mol. The highest BCUT2D eigenvalue weighted by molar-refractivity contribution is 7.92. The van der Waals surface area contributed by atoms with E-state index in [1.807, 2.05) is 34.6 Å². The van der Waals surface area contributed by atoms with Gasteiger partial charge in [0.1, 0.15) is 17.1 Å². The number of benzene rings is 3. The van der Waals surface area contributed by atoms with Crippen molar-refractivity contribution in [2.24, 2.45) is 5.92 Å². The van der Waals surface area contributed by atoms with Gasteiger partial charge < -0.3 is 19.1 Å². The number of carbonyl (C=O) groups excluding carboxylic acids is 1. The molecule has 3 aromatic carbocycles. The minimum absolute atomic E-state index is 0. The van der Waals surface area contributed by atoms with E-state index in [-0.39, 0.29) is 48.8 Å². The van der Waals surface area contributed by atoms with Crippen LogP contribution in [0.15, 0.2) is 79.7 Å². The molecule has 4 fully saturated rings. The Labute approximate surface area is 370 Å². The van der Waals surface area contributed by atoms with Gasteiger partial charge in [-0.3, -0.25) is 19.1 Å². The van der Waals surface area contributed by atoms with E-state index in [0.717, 1.165) is 29.3 Å². The maximum atomic E-state index is 15.3. The summed E-state index contributed by atoms with van der Waals surface area (Å²) in [5.41, 5.74) is 4.71. The molecule has 2 aliphatic carbocycles. The average molecular weight is 890 g/mol. The Morgan fingerprint density at radius 1 is 0.922 bits per heavy atom. The number of rotatable bonds is 9. The molecule has 16 heteroatoms. The summed E-state index contributed by atoms with van der Waals surface area (Å²) in [6.07, 6.45) is 4.11. The maximum Gasteiger partial charge on any atom is 0.438 e. The van der Waals surface area contributed by atoms with Crippen LogP contribution in [0.25, 0.3) is 16.6 Å². The van der Waals surface area contributed by atoms with Gasteiger partial charge in [-0.2, -0.15) is 0 Å². The number of sulfone groups is 1. The van der Waals surface area contributed by atoms with Gasteiger partial charge in [0, 0.05) is 56.7 Å². The number of aromatic amines is 1. The Morgan fingerprint density at radius 3 is 2.25 bits per heavy atom. The van der Waals surface area contributed by atoms with E-state index in [9.17, 15) is 18.0 Å². The second kappa shape index (κ2) is 14.8. The Kier molecular flexibility index (Phi) is 9.48. The number of fused-ring (bicyclic) bond motifs is 2. The summed E-state index contributed by atoms with van der Waals surface area (Å²) in [5, 5.41) is 4.77. The fraction of sp³-hybridized carbons (Fsp3) is 0.438. The predicted octanol–water partition coefficient (Wildman–Crippen LogP) is 6.84. The Bertz CT molecular complexity index is 3110. The summed E-state index contributed by atoms with van der Waals surface area (Å²) in [7, 11) is -3.32. The molecule has 0 radical (unpaired) electrons. The fourth-order valence-electron chi connectivity index (χ4n) is 10.7. The monoisotopic (exact) mass is 889 g/mol. The van der Waals surface area contributed by atoms with Crippen LogP contribution in [0, 0.1) is 25.6 Å². The molecule has 5 aliphatic rings. The second-order valence-electron chi connectivity index (χ2n) is 18.7. The first-order valence-corrected chi connectivity index (χ1v) is 23.9. The number of aromatic nitrogens is 5. The van der Waals surface area contributed by atoms with Gasteiger partial charge in [-0.25, -0.2) is 27.2 Å². The van der Waals surface area contributed by atoms with E-state index < -0.39 is 27.2 Å². The molecule has 3 atom stereocenters. The quantitative estimate of drug-likeness (QED) is 0.163. The van der Waals surface area contributed by atoms with Gasteiger partial charge in [-0.05, 0) is 136 Å². The SMILES string of the molecule is Cc1cc(-n2c(N3CC(c4ccc(S(=O)(=O)C5CC5)cc4)C3)nc3c(c2=O)CCN(C(=O)c2cc4cc(C5CCOCC5)ccc4n2[C@@]2(c4noc(=O)[nH]4)C[C@H]2C)[C@H]3C)cc(C)c1F.[HH]. The molecule has 334 valence electrons. The van der Waals surface area contributed by atoms with Crippen LogP contribution in [0.4, 0.5) is 10.3 Å². The third kappa shape index (κ3) is 6.41. The molecule has 0 bridgehead atoms. The minimum Gasteiger partial charge on any atom is -0.381 e. The van der Waals surface area contributed by atoms with Gasteiger partial charge in [0.25, 0.3) is 11.5 Å². The van der Waals surface area contributed by atoms with Gasteiger partial charge in [0.15, 0.2) is 15.7 Å². The molecule has 2 saturated heterocycles. The number of aryl methyl sites for hydroxylation is 2. The van der Waals surface area contributed by atoms with E-state index in [0.29, 0.717) is 102 Å². The van der Waals surface area contributed by atoms with Gasteiger partial charge >= 0.3 is 5.76 Å². The van der Waals surface area contributed by atoms with E-state index in [1.54, 1.807) is 47.6 Å². The Morgan fingerprint density at radius 2 is 1.61 bits per heavy atom. The molecule has 1 amide bonds. The van der Waals surface area contributed by atoms with Crippen LogP contribution in [0.1, 0.15) is 115 Å². The largest absolute Gasteiger partial charge is 0.438 e. The molecular formula is C48H52FN7O7S. The number of halogens is 1. The van der Waals surface area contributed by atoms with Crippen molar-refractivity contribution in [1.82, 2.24) is 29.2 Å². The summed E-state index contributed by atoms with van der Waals surface area (Å²) < 4.78 is 55.1. The lowest BCUT2D eigenvalue weighted by molar-refractivity contribution is 0.0658. The zero-order chi connectivity index (χ0) is 44.4. The van der Waals surface area contributed by atoms with Crippen LogP contribution >= 0.6 is 0 Å². The fourth-order valence-corrected chi connectivity index (χ4v) is 12.3. The molecule has 0 spiro atoms. The normalized spacial score (nSPS) is 22.8. The average Bonchev–Trinajstić information content (AvgIpc) is 4.16. The maximum absolute atomic E-state index is 15.3. The van der Waals surface area contributed by atoms with Crippen molar-refractivity contribution in [3.8, 4) is 5.69 Å². The number of nitrogens with one attached hydrogen (secondary N) is 1. The summed E-state index contributed by atoms with van der Waals surface area (Å²) in [4.78, 5) is 54.7. The molecule has 11 rings (SSSR count). The van der Waals surface area contributed by atoms with Gasteiger partial charge in [-0.15, -0.1) is 0 Å². The number of H-pyrrole nitrogens is 1. The molecule has 6 aromatic rings. The zero-order valence-corrected chi connectivity index (χ0v) is 37.1. The highest BCUT2D eigenvalue weighted by Gasteiger charge is 2.59. The highest BCUT2D eigenvalue weighted by Crippen LogP contribution is 2.56. The van der Waals surface area contributed by atoms with E-state index >= 15 is 9.18 Å². The van der Waals surface area contributed by atoms with Crippen molar-refractivity contribution in [2.45, 2.75) is 99.8 Å². The van der Waals surface area contributed by atoms with E-state index in [4.69, 9.17) is 14.2 Å². The lowest BCUT2D eigenvalue weighted by Gasteiger charge is -2.42. The van der Waals surface area contributed by atoms with Gasteiger partial charge in [0.05, 0.1) is 27.6 Å². The number of anilines is 1. The van der Waals surface area contributed by atoms with Crippen molar-refractivity contribution in [2.75, 3.05) is 37.7 Å². The number of amides is 1. The first kappa shape index (κ1) is 40.9. The summed E-state index contributed by atoms with van der Waals surface area (Å²) >= 11 is 0. The third-order valence-corrected chi connectivity index (χ3v) is 16.9. The van der Waals surface area contributed by atoms with E-state index in [2.05, 4.69) is 35.3 Å². The van der Waals surface area contributed by atoms with Crippen LogP contribution < -0.4 is 16.2 Å². The van der Waals surface area contributed by atoms with Crippen LogP contribution in [-0.2, 0) is 26.5 Å². The van der Waals surface area contributed by atoms with Crippen molar-refractivity contribution >= 4 is 32.6 Å². The molecular weight excluding hydrogens is 838 g/mol. The van der Waals surface area contributed by atoms with Crippen molar-refractivity contribution < 1.29 is 28.3 Å². The smallest absolute Gasteiger partial charge is 0.381 e. The number of hydrogen-bond acceptors (Lipinski definition) is 10. The van der Waals surface area contributed by atoms with Crippen molar-refractivity contribution in [3.63, 3.8) is 0 Å². The lowest BCUT2D eigenvalue weighted by Crippen LogP contribution is -2.50. The number of carbonyl (C=O) groups is 1. The van der Waals surface area contributed by atoms with Gasteiger partial charge in [0.2, 0.25) is 5.95 Å². The van der Waals surface area contributed by atoms with Crippen LogP contribution in [-0.4, -0.2) is 81.6 Å². The topological polar surface area (TPSA) is 166 Å².